The van der Waals surface area contributed by atoms with Gasteiger partial charge < -0.3 is 10.6 Å². The first-order valence-corrected chi connectivity index (χ1v) is 4.05. The van der Waals surface area contributed by atoms with Crippen LogP contribution in [0.3, 0.4) is 0 Å². The van der Waals surface area contributed by atoms with Gasteiger partial charge in [0, 0.05) is 6.54 Å². The zero-order valence-electron chi connectivity index (χ0n) is 7.22. The van der Waals surface area contributed by atoms with E-state index in [1.807, 2.05) is 0 Å². The van der Waals surface area contributed by atoms with Crippen LogP contribution in [0.5, 0.6) is 0 Å². The summed E-state index contributed by atoms with van der Waals surface area (Å²) in [7, 11) is 0. The summed E-state index contributed by atoms with van der Waals surface area (Å²) in [6.45, 7) is -1.24. The van der Waals surface area contributed by atoms with Gasteiger partial charge in [0.25, 0.3) is 0 Å². The molecular weight excluding hydrogens is 204 g/mol. The van der Waals surface area contributed by atoms with Gasteiger partial charge in [0.1, 0.15) is 0 Å². The summed E-state index contributed by atoms with van der Waals surface area (Å²) in [4.78, 5) is 11.7. The van der Waals surface area contributed by atoms with Gasteiger partial charge in [0.2, 0.25) is 5.91 Å². The van der Waals surface area contributed by atoms with Crippen LogP contribution in [0.4, 0.5) is 17.6 Å². The highest BCUT2D eigenvalue weighted by Gasteiger charge is 2.45. The Hall–Kier alpha value is -0.850. The van der Waals surface area contributed by atoms with Gasteiger partial charge in [-0.15, -0.1) is 0 Å². The number of likely N-dealkylation sites (tertiary alicyclic amines) is 1. The molecule has 1 aliphatic heterocycles. The molecule has 0 radical (unpaired) electrons. The van der Waals surface area contributed by atoms with Crippen LogP contribution in [-0.4, -0.2) is 42.3 Å². The first-order valence-electron chi connectivity index (χ1n) is 4.05. The first kappa shape index (κ1) is 11.2. The van der Waals surface area contributed by atoms with E-state index in [9.17, 15) is 22.4 Å². The van der Waals surface area contributed by atoms with Crippen molar-refractivity contribution in [2.75, 3.05) is 13.1 Å². The van der Waals surface area contributed by atoms with E-state index < -0.39 is 30.8 Å². The van der Waals surface area contributed by atoms with Crippen molar-refractivity contribution in [1.29, 1.82) is 0 Å². The van der Waals surface area contributed by atoms with E-state index in [-0.39, 0.29) is 13.0 Å². The number of nitrogens with zero attached hydrogens (tertiary/aromatic N) is 1. The molecule has 0 aliphatic carbocycles. The van der Waals surface area contributed by atoms with Gasteiger partial charge in [0.05, 0.1) is 12.6 Å². The standard InChI is InChI=1S/C7H10F4N2O/c8-6(9)7(10,11)3-13-2-1-4(12)5(13)14/h4,6H,1-3,12H2. The second-order valence-electron chi connectivity index (χ2n) is 3.22. The molecule has 1 heterocycles. The molecule has 0 aromatic rings. The minimum Gasteiger partial charge on any atom is -0.335 e. The van der Waals surface area contributed by atoms with Gasteiger partial charge in [-0.1, -0.05) is 0 Å². The lowest BCUT2D eigenvalue weighted by Crippen LogP contribution is -2.44. The summed E-state index contributed by atoms with van der Waals surface area (Å²) in [6.07, 6.45) is -3.52. The zero-order chi connectivity index (χ0) is 10.9. The molecule has 2 N–H and O–H groups in total. The largest absolute Gasteiger partial charge is 0.335 e. The highest BCUT2D eigenvalue weighted by molar-refractivity contribution is 5.83. The van der Waals surface area contributed by atoms with E-state index in [4.69, 9.17) is 5.73 Å². The van der Waals surface area contributed by atoms with Gasteiger partial charge in [-0.05, 0) is 6.42 Å². The smallest absolute Gasteiger partial charge is 0.324 e. The second kappa shape index (κ2) is 3.72. The van der Waals surface area contributed by atoms with Crippen molar-refractivity contribution in [3.05, 3.63) is 0 Å². The zero-order valence-corrected chi connectivity index (χ0v) is 7.22. The van der Waals surface area contributed by atoms with E-state index >= 15 is 0 Å². The number of halogens is 4. The molecule has 1 fully saturated rings. The molecule has 1 saturated heterocycles. The Bertz CT molecular complexity index is 234. The van der Waals surface area contributed by atoms with Gasteiger partial charge in [-0.25, -0.2) is 8.78 Å². The maximum absolute atomic E-state index is 12.5. The Kier molecular flexibility index (Phi) is 2.98. The number of amides is 1. The number of rotatable bonds is 3. The molecule has 0 aromatic carbocycles. The molecule has 1 aliphatic rings. The van der Waals surface area contributed by atoms with E-state index in [0.717, 1.165) is 0 Å². The molecule has 0 aromatic heterocycles. The Morgan fingerprint density at radius 3 is 2.50 bits per heavy atom. The maximum atomic E-state index is 12.5. The third kappa shape index (κ3) is 2.14. The molecule has 1 rings (SSSR count). The second-order valence-corrected chi connectivity index (χ2v) is 3.22. The van der Waals surface area contributed by atoms with Crippen LogP contribution in [0.15, 0.2) is 0 Å². The Morgan fingerprint density at radius 2 is 2.14 bits per heavy atom. The third-order valence-electron chi connectivity index (χ3n) is 2.06. The quantitative estimate of drug-likeness (QED) is 0.693. The molecule has 0 saturated carbocycles. The van der Waals surface area contributed by atoms with Crippen molar-refractivity contribution in [3.8, 4) is 0 Å². The number of hydrogen-bond donors (Lipinski definition) is 1. The Labute approximate surface area is 77.8 Å². The average Bonchev–Trinajstić information content (AvgIpc) is 2.35. The van der Waals surface area contributed by atoms with Crippen LogP contribution in [0.1, 0.15) is 6.42 Å². The monoisotopic (exact) mass is 214 g/mol. The summed E-state index contributed by atoms with van der Waals surface area (Å²) in [6, 6.07) is -0.830. The van der Waals surface area contributed by atoms with Crippen LogP contribution in [-0.2, 0) is 4.79 Å². The fourth-order valence-corrected chi connectivity index (χ4v) is 1.24. The predicted molar refractivity (Wildman–Crippen MR) is 40.1 cm³/mol. The molecule has 3 nitrogen and oxygen atoms in total. The van der Waals surface area contributed by atoms with Crippen molar-refractivity contribution in [3.63, 3.8) is 0 Å². The summed E-state index contributed by atoms with van der Waals surface area (Å²) in [5.41, 5.74) is 5.24. The number of hydrogen-bond acceptors (Lipinski definition) is 2. The molecule has 82 valence electrons. The van der Waals surface area contributed by atoms with Gasteiger partial charge in [-0.2, -0.15) is 8.78 Å². The Morgan fingerprint density at radius 1 is 1.57 bits per heavy atom. The van der Waals surface area contributed by atoms with Gasteiger partial charge >= 0.3 is 12.3 Å². The van der Waals surface area contributed by atoms with E-state index in [1.54, 1.807) is 0 Å². The van der Waals surface area contributed by atoms with Crippen molar-refractivity contribution in [2.45, 2.75) is 24.8 Å². The molecular formula is C7H10F4N2O. The number of carbonyl (C=O) groups excluding carboxylic acids is 1. The van der Waals surface area contributed by atoms with E-state index in [1.165, 1.54) is 0 Å². The van der Waals surface area contributed by atoms with Crippen molar-refractivity contribution >= 4 is 5.91 Å². The predicted octanol–water partition coefficient (Wildman–Crippen LogP) is 0.446. The van der Waals surface area contributed by atoms with Crippen LogP contribution in [0.25, 0.3) is 0 Å². The molecule has 1 amide bonds. The SMILES string of the molecule is NC1CCN(CC(F)(F)C(F)F)C1=O. The number of nitrogens with two attached hydrogens (primary N) is 1. The van der Waals surface area contributed by atoms with Crippen molar-refractivity contribution in [2.24, 2.45) is 5.73 Å². The van der Waals surface area contributed by atoms with Crippen LogP contribution < -0.4 is 5.73 Å². The van der Waals surface area contributed by atoms with Crippen LogP contribution in [0.2, 0.25) is 0 Å². The lowest BCUT2D eigenvalue weighted by molar-refractivity contribution is -0.153. The first-order chi connectivity index (χ1) is 6.34. The molecule has 7 heteroatoms. The normalized spacial score (nSPS) is 23.7. The number of alkyl halides is 4. The van der Waals surface area contributed by atoms with Crippen molar-refractivity contribution < 1.29 is 22.4 Å². The lowest BCUT2D eigenvalue weighted by atomic mass is 10.3. The highest BCUT2D eigenvalue weighted by Crippen LogP contribution is 2.25. The Balaban J connectivity index is 2.57. The molecule has 1 atom stereocenters. The van der Waals surface area contributed by atoms with Gasteiger partial charge in [0.15, 0.2) is 0 Å². The fourth-order valence-electron chi connectivity index (χ4n) is 1.24. The summed E-state index contributed by atoms with van der Waals surface area (Å²) in [5, 5.41) is 0. The molecule has 1 unspecified atom stereocenters. The third-order valence-corrected chi connectivity index (χ3v) is 2.06. The van der Waals surface area contributed by atoms with Crippen LogP contribution >= 0.6 is 0 Å². The minimum absolute atomic E-state index is 0.0162. The minimum atomic E-state index is -4.15. The summed E-state index contributed by atoms with van der Waals surface area (Å²) in [5.74, 6) is -4.84. The lowest BCUT2D eigenvalue weighted by Gasteiger charge is -2.22. The summed E-state index contributed by atoms with van der Waals surface area (Å²) < 4.78 is 48.6. The van der Waals surface area contributed by atoms with Gasteiger partial charge in [-0.3, -0.25) is 4.79 Å². The molecule has 0 bridgehead atoms. The summed E-state index contributed by atoms with van der Waals surface area (Å²) >= 11 is 0. The molecule has 14 heavy (non-hydrogen) atoms. The number of carbonyl (C=O) groups is 1. The van der Waals surface area contributed by atoms with Crippen LogP contribution in [0, 0.1) is 0 Å². The fraction of sp³-hybridized carbons (Fsp3) is 0.857. The van der Waals surface area contributed by atoms with Crippen molar-refractivity contribution in [1.82, 2.24) is 4.90 Å². The van der Waals surface area contributed by atoms with E-state index in [0.29, 0.717) is 4.90 Å². The average molecular weight is 214 g/mol. The highest BCUT2D eigenvalue weighted by atomic mass is 19.3. The topological polar surface area (TPSA) is 46.3 Å². The maximum Gasteiger partial charge on any atom is 0.324 e. The van der Waals surface area contributed by atoms with E-state index in [2.05, 4.69) is 0 Å². The molecule has 0 spiro atoms.